The Kier molecular flexibility index (Phi) is 4.67. The summed E-state index contributed by atoms with van der Waals surface area (Å²) in [6, 6.07) is 17.7. The minimum absolute atomic E-state index is 0.283. The van der Waals surface area contributed by atoms with Gasteiger partial charge in [0.25, 0.3) is 0 Å². The topological polar surface area (TPSA) is 58.5 Å². The second-order valence-electron chi connectivity index (χ2n) is 6.33. The number of hydrogen-bond donors (Lipinski definition) is 0. The van der Waals surface area contributed by atoms with Crippen LogP contribution in [0.3, 0.4) is 0 Å². The molecule has 0 aliphatic rings. The van der Waals surface area contributed by atoms with Crippen LogP contribution in [-0.4, -0.2) is 22.1 Å². The fraction of sp³-hybridized carbons (Fsp3) is 0.0476. The SMILES string of the molecule is Cc1ccc2nc(N(/N=C/c3cccs3)C(=O)c3nc4ccccc4s3)sc2c1. The van der Waals surface area contributed by atoms with Gasteiger partial charge in [0.05, 0.1) is 26.6 Å². The first-order valence-corrected chi connectivity index (χ1v) is 11.3. The molecule has 0 aliphatic heterocycles. The molecule has 3 heterocycles. The Morgan fingerprint density at radius 2 is 1.86 bits per heavy atom. The number of rotatable bonds is 4. The fourth-order valence-electron chi connectivity index (χ4n) is 2.83. The van der Waals surface area contributed by atoms with Gasteiger partial charge in [-0.2, -0.15) is 10.1 Å². The molecular formula is C21H14N4OS3. The summed E-state index contributed by atoms with van der Waals surface area (Å²) >= 11 is 4.37. The van der Waals surface area contributed by atoms with Crippen LogP contribution in [-0.2, 0) is 0 Å². The highest BCUT2D eigenvalue weighted by Gasteiger charge is 2.24. The van der Waals surface area contributed by atoms with E-state index < -0.39 is 0 Å². The Labute approximate surface area is 178 Å². The zero-order chi connectivity index (χ0) is 19.8. The molecule has 0 radical (unpaired) electrons. The van der Waals surface area contributed by atoms with Crippen molar-refractivity contribution < 1.29 is 4.79 Å². The van der Waals surface area contributed by atoms with E-state index in [1.54, 1.807) is 17.6 Å². The van der Waals surface area contributed by atoms with E-state index in [1.165, 1.54) is 27.7 Å². The first kappa shape index (κ1) is 18.1. The van der Waals surface area contributed by atoms with Crippen molar-refractivity contribution >= 4 is 71.7 Å². The van der Waals surface area contributed by atoms with Crippen molar-refractivity contribution in [3.8, 4) is 0 Å². The number of thiazole rings is 2. The van der Waals surface area contributed by atoms with Crippen LogP contribution < -0.4 is 5.01 Å². The lowest BCUT2D eigenvalue weighted by atomic mass is 10.2. The van der Waals surface area contributed by atoms with Crippen LogP contribution in [0.2, 0.25) is 0 Å². The van der Waals surface area contributed by atoms with Gasteiger partial charge in [0.1, 0.15) is 0 Å². The molecule has 29 heavy (non-hydrogen) atoms. The zero-order valence-electron chi connectivity index (χ0n) is 15.3. The number of nitrogens with zero attached hydrogens (tertiary/aromatic N) is 4. The minimum atomic E-state index is -0.283. The minimum Gasteiger partial charge on any atom is -0.264 e. The Hall–Kier alpha value is -2.94. The maximum Gasteiger partial charge on any atom is 0.309 e. The number of thiophene rings is 1. The summed E-state index contributed by atoms with van der Waals surface area (Å²) in [5.41, 5.74) is 2.81. The number of carbonyl (C=O) groups excluding carboxylic acids is 1. The highest BCUT2D eigenvalue weighted by Crippen LogP contribution is 2.32. The first-order chi connectivity index (χ1) is 14.2. The molecule has 1 amide bonds. The summed E-state index contributed by atoms with van der Waals surface area (Å²) < 4.78 is 1.99. The molecule has 0 aliphatic carbocycles. The van der Waals surface area contributed by atoms with Crippen LogP contribution in [0, 0.1) is 6.92 Å². The highest BCUT2D eigenvalue weighted by atomic mass is 32.1. The molecule has 5 nitrogen and oxygen atoms in total. The van der Waals surface area contributed by atoms with Gasteiger partial charge in [-0.3, -0.25) is 4.79 Å². The quantitative estimate of drug-likeness (QED) is 0.259. The van der Waals surface area contributed by atoms with Crippen LogP contribution in [0.25, 0.3) is 20.4 Å². The lowest BCUT2D eigenvalue weighted by molar-refractivity contribution is 0.0987. The van der Waals surface area contributed by atoms with Crippen LogP contribution >= 0.6 is 34.0 Å². The molecule has 2 aromatic carbocycles. The molecule has 0 fully saturated rings. The molecule has 0 saturated carbocycles. The van der Waals surface area contributed by atoms with Gasteiger partial charge in [-0.05, 0) is 48.2 Å². The molecule has 0 unspecified atom stereocenters. The van der Waals surface area contributed by atoms with E-state index in [4.69, 9.17) is 0 Å². The van der Waals surface area contributed by atoms with Crippen LogP contribution in [0.1, 0.15) is 20.2 Å². The number of anilines is 1. The molecular weight excluding hydrogens is 420 g/mol. The van der Waals surface area contributed by atoms with Crippen molar-refractivity contribution in [1.82, 2.24) is 9.97 Å². The molecule has 5 aromatic rings. The summed E-state index contributed by atoms with van der Waals surface area (Å²) in [6.45, 7) is 2.04. The van der Waals surface area contributed by atoms with Gasteiger partial charge in [0, 0.05) is 4.88 Å². The monoisotopic (exact) mass is 434 g/mol. The lowest BCUT2D eigenvalue weighted by Gasteiger charge is -2.11. The number of aryl methyl sites for hydroxylation is 1. The molecule has 8 heteroatoms. The van der Waals surface area contributed by atoms with E-state index in [2.05, 4.69) is 21.1 Å². The number of aromatic nitrogens is 2. The molecule has 5 rings (SSSR count). The molecule has 142 valence electrons. The van der Waals surface area contributed by atoms with Crippen LogP contribution in [0.15, 0.2) is 65.1 Å². The van der Waals surface area contributed by atoms with Crippen molar-refractivity contribution in [1.29, 1.82) is 0 Å². The first-order valence-electron chi connectivity index (χ1n) is 8.82. The maximum atomic E-state index is 13.3. The van der Waals surface area contributed by atoms with Crippen molar-refractivity contribution in [2.45, 2.75) is 6.92 Å². The number of hydrogen-bond acceptors (Lipinski definition) is 7. The summed E-state index contributed by atoms with van der Waals surface area (Å²) in [5.74, 6) is -0.283. The third-order valence-electron chi connectivity index (χ3n) is 4.23. The summed E-state index contributed by atoms with van der Waals surface area (Å²) in [4.78, 5) is 23.5. The van der Waals surface area contributed by atoms with E-state index in [1.807, 2.05) is 60.8 Å². The van der Waals surface area contributed by atoms with E-state index in [0.29, 0.717) is 10.1 Å². The Morgan fingerprint density at radius 1 is 1.00 bits per heavy atom. The molecule has 0 atom stereocenters. The predicted molar refractivity (Wildman–Crippen MR) is 123 cm³/mol. The summed E-state index contributed by atoms with van der Waals surface area (Å²) in [6.07, 6.45) is 1.69. The van der Waals surface area contributed by atoms with Crippen LogP contribution in [0.4, 0.5) is 5.13 Å². The average Bonchev–Trinajstić information content (AvgIpc) is 3.46. The number of carbonyl (C=O) groups is 1. The highest BCUT2D eigenvalue weighted by molar-refractivity contribution is 7.23. The normalized spacial score (nSPS) is 11.6. The van der Waals surface area contributed by atoms with Gasteiger partial charge in [-0.1, -0.05) is 35.6 Å². The molecule has 0 saturated heterocycles. The Bertz CT molecular complexity index is 1320. The molecule has 0 spiro atoms. The summed E-state index contributed by atoms with van der Waals surface area (Å²) in [7, 11) is 0. The Balaban J connectivity index is 1.59. The fourth-order valence-corrected chi connectivity index (χ4v) is 5.32. The number of fused-ring (bicyclic) bond motifs is 2. The molecule has 0 bridgehead atoms. The number of amides is 1. The average molecular weight is 435 g/mol. The second-order valence-corrected chi connectivity index (χ2v) is 9.35. The third kappa shape index (κ3) is 3.57. The predicted octanol–water partition coefficient (Wildman–Crippen LogP) is 5.96. The molecule has 0 N–H and O–H groups in total. The third-order valence-corrected chi connectivity index (χ3v) is 7.05. The number of hydrazone groups is 1. The van der Waals surface area contributed by atoms with Gasteiger partial charge in [-0.15, -0.1) is 22.7 Å². The van der Waals surface area contributed by atoms with Gasteiger partial charge in [0.2, 0.25) is 5.13 Å². The van der Waals surface area contributed by atoms with Gasteiger partial charge in [-0.25, -0.2) is 9.97 Å². The van der Waals surface area contributed by atoms with E-state index in [9.17, 15) is 4.79 Å². The standard InChI is InChI=1S/C21H14N4OS3/c1-13-8-9-16-18(11-13)29-21(24-16)25(22-12-14-5-4-10-27-14)20(26)19-23-15-6-2-3-7-17(15)28-19/h2-12H,1H3/b22-12+. The Morgan fingerprint density at radius 3 is 2.69 bits per heavy atom. The smallest absolute Gasteiger partial charge is 0.264 e. The van der Waals surface area contributed by atoms with E-state index in [-0.39, 0.29) is 5.91 Å². The van der Waals surface area contributed by atoms with Gasteiger partial charge >= 0.3 is 5.91 Å². The number of benzene rings is 2. The van der Waals surface area contributed by atoms with Crippen molar-refractivity contribution in [3.63, 3.8) is 0 Å². The molecule has 3 aromatic heterocycles. The van der Waals surface area contributed by atoms with Crippen molar-refractivity contribution in [3.05, 3.63) is 75.4 Å². The number of para-hydroxylation sites is 1. The second kappa shape index (κ2) is 7.47. The zero-order valence-corrected chi connectivity index (χ0v) is 17.7. The van der Waals surface area contributed by atoms with E-state index >= 15 is 0 Å². The largest absolute Gasteiger partial charge is 0.309 e. The summed E-state index contributed by atoms with van der Waals surface area (Å²) in [5, 5.41) is 8.74. The maximum absolute atomic E-state index is 13.3. The van der Waals surface area contributed by atoms with Gasteiger partial charge in [0.15, 0.2) is 5.01 Å². The van der Waals surface area contributed by atoms with Crippen molar-refractivity contribution in [2.75, 3.05) is 5.01 Å². The van der Waals surface area contributed by atoms with Crippen molar-refractivity contribution in [2.24, 2.45) is 5.10 Å². The van der Waals surface area contributed by atoms with Gasteiger partial charge < -0.3 is 0 Å². The van der Waals surface area contributed by atoms with E-state index in [0.717, 1.165) is 30.9 Å². The van der Waals surface area contributed by atoms with Crippen LogP contribution in [0.5, 0.6) is 0 Å². The lowest BCUT2D eigenvalue weighted by Crippen LogP contribution is -2.25.